The minimum absolute atomic E-state index is 0.323. The fraction of sp³-hybridized carbons (Fsp3) is 0.385. The van der Waals surface area contributed by atoms with Gasteiger partial charge in [0.2, 0.25) is 0 Å². The molecule has 0 saturated heterocycles. The molecule has 0 saturated carbocycles. The lowest BCUT2D eigenvalue weighted by Crippen LogP contribution is -2.07. The summed E-state index contributed by atoms with van der Waals surface area (Å²) in [6.07, 6.45) is -0.166. The number of carbonyl (C=O) groups is 1. The maximum absolute atomic E-state index is 11.5. The van der Waals surface area contributed by atoms with E-state index in [0.717, 1.165) is 5.56 Å². The van der Waals surface area contributed by atoms with Crippen LogP contribution in [0.1, 0.15) is 22.3 Å². The van der Waals surface area contributed by atoms with E-state index in [4.69, 9.17) is 15.1 Å². The van der Waals surface area contributed by atoms with E-state index < -0.39 is 12.1 Å². The summed E-state index contributed by atoms with van der Waals surface area (Å²) >= 11 is 0. The van der Waals surface area contributed by atoms with E-state index in [1.54, 1.807) is 24.3 Å². The number of nitrogens with zero attached hydrogens (tertiary/aromatic N) is 1. The third kappa shape index (κ3) is 3.47. The summed E-state index contributed by atoms with van der Waals surface area (Å²) in [4.78, 5) is 11.5. The van der Waals surface area contributed by atoms with Gasteiger partial charge in [-0.25, -0.2) is 4.79 Å². The van der Waals surface area contributed by atoms with Crippen molar-refractivity contribution >= 4 is 5.97 Å². The summed E-state index contributed by atoms with van der Waals surface area (Å²) in [6, 6.07) is 6.85. The molecule has 0 radical (unpaired) electrons. The summed E-state index contributed by atoms with van der Waals surface area (Å²) in [7, 11) is 2.77. The Morgan fingerprint density at radius 3 is 2.78 bits per heavy atom. The summed E-state index contributed by atoms with van der Waals surface area (Å²) < 4.78 is 9.73. The Hall–Kier alpha value is -2.06. The number of hydrogen-bond donors (Lipinski definition) is 1. The topological polar surface area (TPSA) is 79.5 Å². The molecule has 0 aliphatic carbocycles. The average Bonchev–Trinajstić information content (AvgIpc) is 2.43. The first-order valence-corrected chi connectivity index (χ1v) is 5.45. The van der Waals surface area contributed by atoms with Crippen LogP contribution in [0.25, 0.3) is 0 Å². The summed E-state index contributed by atoms with van der Waals surface area (Å²) in [5, 5.41) is 17.6. The lowest BCUT2D eigenvalue weighted by atomic mass is 10.0. The predicted octanol–water partition coefficient (Wildman–Crippen LogP) is 1.30. The molecule has 0 aromatic heterocycles. The highest BCUT2D eigenvalue weighted by atomic mass is 16.5. The van der Waals surface area contributed by atoms with Crippen molar-refractivity contribution in [3.8, 4) is 11.8 Å². The van der Waals surface area contributed by atoms with Crippen molar-refractivity contribution in [2.45, 2.75) is 18.9 Å². The quantitative estimate of drug-likeness (QED) is 0.628. The first-order valence-electron chi connectivity index (χ1n) is 5.45. The van der Waals surface area contributed by atoms with Gasteiger partial charge in [-0.15, -0.1) is 0 Å². The monoisotopic (exact) mass is 249 g/mol. The number of aryl methyl sites for hydroxylation is 1. The Morgan fingerprint density at radius 1 is 1.50 bits per heavy atom. The average molecular weight is 249 g/mol. The predicted molar refractivity (Wildman–Crippen MR) is 64.3 cm³/mol. The fourth-order valence-corrected chi connectivity index (χ4v) is 1.55. The van der Waals surface area contributed by atoms with Crippen LogP contribution in [-0.4, -0.2) is 31.4 Å². The highest BCUT2D eigenvalue weighted by Crippen LogP contribution is 2.21. The van der Waals surface area contributed by atoms with Crippen LogP contribution in [0, 0.1) is 11.3 Å². The van der Waals surface area contributed by atoms with Crippen LogP contribution in [0.5, 0.6) is 5.75 Å². The highest BCUT2D eigenvalue weighted by Gasteiger charge is 2.13. The molecule has 1 rings (SSSR count). The lowest BCUT2D eigenvalue weighted by molar-refractivity contribution is 0.0597. The first kappa shape index (κ1) is 14.0. The highest BCUT2D eigenvalue weighted by molar-refractivity contribution is 5.92. The second kappa shape index (κ2) is 6.62. The van der Waals surface area contributed by atoms with E-state index in [0.29, 0.717) is 24.2 Å². The maximum atomic E-state index is 11.5. The molecular weight excluding hydrogens is 234 g/mol. The van der Waals surface area contributed by atoms with Gasteiger partial charge in [-0.05, 0) is 30.5 Å². The van der Waals surface area contributed by atoms with Crippen molar-refractivity contribution in [2.24, 2.45) is 0 Å². The zero-order valence-electron chi connectivity index (χ0n) is 10.3. The van der Waals surface area contributed by atoms with Gasteiger partial charge in [0.05, 0.1) is 20.3 Å². The second-order valence-corrected chi connectivity index (χ2v) is 3.71. The van der Waals surface area contributed by atoms with Crippen molar-refractivity contribution < 1.29 is 19.4 Å². The van der Waals surface area contributed by atoms with E-state index in [1.165, 1.54) is 14.2 Å². The lowest BCUT2D eigenvalue weighted by Gasteiger charge is -2.09. The van der Waals surface area contributed by atoms with Gasteiger partial charge in [-0.2, -0.15) is 5.26 Å². The normalized spacial score (nSPS) is 11.4. The van der Waals surface area contributed by atoms with Crippen LogP contribution in [0.15, 0.2) is 18.2 Å². The molecule has 0 amide bonds. The van der Waals surface area contributed by atoms with Crippen LogP contribution < -0.4 is 4.74 Å². The Bertz CT molecular complexity index is 465. The zero-order valence-corrected chi connectivity index (χ0v) is 10.3. The SMILES string of the molecule is COC(=O)c1cc(CCC(O)C#N)ccc1OC. The molecule has 1 aromatic rings. The molecule has 0 spiro atoms. The van der Waals surface area contributed by atoms with Crippen molar-refractivity contribution in [3.05, 3.63) is 29.3 Å². The van der Waals surface area contributed by atoms with Crippen LogP contribution in [0.2, 0.25) is 0 Å². The molecule has 1 aromatic carbocycles. The molecule has 0 bridgehead atoms. The minimum atomic E-state index is -0.992. The minimum Gasteiger partial charge on any atom is -0.496 e. The Labute approximate surface area is 106 Å². The number of carbonyl (C=O) groups excluding carboxylic acids is 1. The van der Waals surface area contributed by atoms with Gasteiger partial charge < -0.3 is 14.6 Å². The Kier molecular flexibility index (Phi) is 5.15. The van der Waals surface area contributed by atoms with E-state index >= 15 is 0 Å². The van der Waals surface area contributed by atoms with Crippen LogP contribution in [0.3, 0.4) is 0 Å². The zero-order chi connectivity index (χ0) is 13.5. The molecule has 0 aliphatic rings. The van der Waals surface area contributed by atoms with Crippen molar-refractivity contribution in [1.29, 1.82) is 5.26 Å². The van der Waals surface area contributed by atoms with Gasteiger partial charge in [0.1, 0.15) is 17.4 Å². The molecule has 96 valence electrons. The molecule has 0 fully saturated rings. The number of nitriles is 1. The first-order chi connectivity index (χ1) is 8.62. The van der Waals surface area contributed by atoms with E-state index in [2.05, 4.69) is 4.74 Å². The summed E-state index contributed by atoms with van der Waals surface area (Å²) in [5.41, 5.74) is 1.18. The number of methoxy groups -OCH3 is 2. The van der Waals surface area contributed by atoms with Crippen LogP contribution in [-0.2, 0) is 11.2 Å². The molecule has 1 N–H and O–H groups in total. The van der Waals surface area contributed by atoms with E-state index in [-0.39, 0.29) is 0 Å². The fourth-order valence-electron chi connectivity index (χ4n) is 1.55. The second-order valence-electron chi connectivity index (χ2n) is 3.71. The number of rotatable bonds is 5. The molecule has 18 heavy (non-hydrogen) atoms. The van der Waals surface area contributed by atoms with Gasteiger partial charge >= 0.3 is 5.97 Å². The Morgan fingerprint density at radius 2 is 2.22 bits per heavy atom. The molecule has 5 nitrogen and oxygen atoms in total. The number of esters is 1. The number of aliphatic hydroxyl groups excluding tert-OH is 1. The third-order valence-electron chi connectivity index (χ3n) is 2.52. The van der Waals surface area contributed by atoms with Gasteiger partial charge in [-0.3, -0.25) is 0 Å². The number of benzene rings is 1. The van der Waals surface area contributed by atoms with Crippen molar-refractivity contribution in [1.82, 2.24) is 0 Å². The summed E-state index contributed by atoms with van der Waals surface area (Å²) in [5.74, 6) is -0.0408. The molecule has 1 unspecified atom stereocenters. The van der Waals surface area contributed by atoms with Crippen LogP contribution in [0.4, 0.5) is 0 Å². The summed E-state index contributed by atoms with van der Waals surface area (Å²) in [6.45, 7) is 0. The molecule has 0 heterocycles. The number of ether oxygens (including phenoxy) is 2. The van der Waals surface area contributed by atoms with Crippen molar-refractivity contribution in [3.63, 3.8) is 0 Å². The molecular formula is C13H15NO4. The molecule has 1 atom stereocenters. The van der Waals surface area contributed by atoms with Gasteiger partial charge in [-0.1, -0.05) is 6.07 Å². The van der Waals surface area contributed by atoms with Crippen LogP contribution >= 0.6 is 0 Å². The number of aliphatic hydroxyl groups is 1. The van der Waals surface area contributed by atoms with E-state index in [1.807, 2.05) is 0 Å². The number of hydrogen-bond acceptors (Lipinski definition) is 5. The van der Waals surface area contributed by atoms with Gasteiger partial charge in [0, 0.05) is 0 Å². The third-order valence-corrected chi connectivity index (χ3v) is 2.52. The molecule has 0 aliphatic heterocycles. The Balaban J connectivity index is 2.90. The largest absolute Gasteiger partial charge is 0.496 e. The molecule has 5 heteroatoms. The van der Waals surface area contributed by atoms with Gasteiger partial charge in [0.25, 0.3) is 0 Å². The maximum Gasteiger partial charge on any atom is 0.341 e. The van der Waals surface area contributed by atoms with Crippen molar-refractivity contribution in [2.75, 3.05) is 14.2 Å². The van der Waals surface area contributed by atoms with E-state index in [9.17, 15) is 4.79 Å². The smallest absolute Gasteiger partial charge is 0.341 e. The van der Waals surface area contributed by atoms with Gasteiger partial charge in [0.15, 0.2) is 0 Å². The standard InChI is InChI=1S/C13H15NO4/c1-17-12-6-4-9(3-5-10(15)8-14)7-11(12)13(16)18-2/h4,6-7,10,15H,3,5H2,1-2H3.